The minimum absolute atomic E-state index is 0.121. The molecular formula is C14H21N3O2. The summed E-state index contributed by atoms with van der Waals surface area (Å²) >= 11 is 0. The van der Waals surface area contributed by atoms with Crippen molar-refractivity contribution in [1.82, 2.24) is 4.90 Å². The van der Waals surface area contributed by atoms with Crippen LogP contribution in [0, 0.1) is 0 Å². The highest BCUT2D eigenvalue weighted by molar-refractivity contribution is 5.89. The van der Waals surface area contributed by atoms with Gasteiger partial charge in [0.2, 0.25) is 0 Å². The van der Waals surface area contributed by atoms with Gasteiger partial charge >= 0.3 is 6.03 Å². The number of aliphatic hydroxyl groups is 1. The van der Waals surface area contributed by atoms with Crippen molar-refractivity contribution in [1.29, 1.82) is 0 Å². The van der Waals surface area contributed by atoms with Crippen LogP contribution in [-0.4, -0.2) is 34.7 Å². The number of hydrogen-bond acceptors (Lipinski definition) is 3. The number of hydrogen-bond donors (Lipinski definition) is 3. The van der Waals surface area contributed by atoms with Crippen LogP contribution < -0.4 is 11.1 Å². The largest absolute Gasteiger partial charge is 0.390 e. The number of rotatable bonds is 2. The Balaban J connectivity index is 1.94. The van der Waals surface area contributed by atoms with E-state index in [1.165, 1.54) is 0 Å². The highest BCUT2D eigenvalue weighted by Crippen LogP contribution is 2.21. The van der Waals surface area contributed by atoms with Crippen molar-refractivity contribution in [3.63, 3.8) is 0 Å². The molecule has 0 bridgehead atoms. The summed E-state index contributed by atoms with van der Waals surface area (Å²) in [5.41, 5.74) is 6.67. The third-order valence-corrected chi connectivity index (χ3v) is 3.54. The maximum Gasteiger partial charge on any atom is 0.321 e. The molecule has 1 heterocycles. The summed E-state index contributed by atoms with van der Waals surface area (Å²) in [6, 6.07) is 7.39. The number of carbonyl (C=O) groups excluding carboxylic acids is 1. The summed E-state index contributed by atoms with van der Waals surface area (Å²) in [5, 5.41) is 12.7. The second-order valence-electron chi connectivity index (χ2n) is 5.32. The van der Waals surface area contributed by atoms with Crippen LogP contribution in [0.4, 0.5) is 10.5 Å². The molecule has 1 aliphatic heterocycles. The highest BCUT2D eigenvalue weighted by atomic mass is 16.3. The van der Waals surface area contributed by atoms with Gasteiger partial charge < -0.3 is 21.1 Å². The predicted octanol–water partition coefficient (Wildman–Crippen LogP) is 1.52. The number of nitrogens with one attached hydrogen (secondary N) is 1. The van der Waals surface area contributed by atoms with Gasteiger partial charge in [0.25, 0.3) is 0 Å². The lowest BCUT2D eigenvalue weighted by atomic mass is 9.94. The van der Waals surface area contributed by atoms with Crippen molar-refractivity contribution in [2.45, 2.75) is 31.9 Å². The SMILES string of the molecule is CC1(O)CCN(C(=O)Nc2cccc(CN)c2)CC1. The molecule has 19 heavy (non-hydrogen) atoms. The summed E-state index contributed by atoms with van der Waals surface area (Å²) in [6.45, 7) is 3.42. The zero-order valence-corrected chi connectivity index (χ0v) is 11.2. The normalized spacial score (nSPS) is 18.2. The fourth-order valence-electron chi connectivity index (χ4n) is 2.17. The Bertz CT molecular complexity index is 450. The molecule has 1 aliphatic rings. The highest BCUT2D eigenvalue weighted by Gasteiger charge is 2.29. The molecule has 0 atom stereocenters. The molecule has 1 aromatic carbocycles. The minimum Gasteiger partial charge on any atom is -0.390 e. The number of carbonyl (C=O) groups is 1. The molecular weight excluding hydrogens is 242 g/mol. The van der Waals surface area contributed by atoms with E-state index < -0.39 is 5.60 Å². The van der Waals surface area contributed by atoms with Gasteiger partial charge in [0, 0.05) is 25.3 Å². The van der Waals surface area contributed by atoms with E-state index in [4.69, 9.17) is 5.73 Å². The molecule has 0 saturated carbocycles. The average molecular weight is 263 g/mol. The summed E-state index contributed by atoms with van der Waals surface area (Å²) in [5.74, 6) is 0. The second kappa shape index (κ2) is 5.59. The molecule has 5 heteroatoms. The smallest absolute Gasteiger partial charge is 0.321 e. The number of amides is 2. The quantitative estimate of drug-likeness (QED) is 0.757. The van der Waals surface area contributed by atoms with Gasteiger partial charge in [-0.3, -0.25) is 0 Å². The predicted molar refractivity (Wildman–Crippen MR) is 74.8 cm³/mol. The molecule has 4 N–H and O–H groups in total. The maximum absolute atomic E-state index is 12.1. The van der Waals surface area contributed by atoms with Crippen molar-refractivity contribution in [2.24, 2.45) is 5.73 Å². The molecule has 2 amide bonds. The Morgan fingerprint density at radius 1 is 1.47 bits per heavy atom. The van der Waals surface area contributed by atoms with Gasteiger partial charge in [-0.25, -0.2) is 4.79 Å². The molecule has 0 aliphatic carbocycles. The molecule has 0 radical (unpaired) electrons. The summed E-state index contributed by atoms with van der Waals surface area (Å²) in [6.07, 6.45) is 1.23. The standard InChI is InChI=1S/C14H21N3O2/c1-14(19)5-7-17(8-6-14)13(18)16-12-4-2-3-11(9-12)10-15/h2-4,9,19H,5-8,10,15H2,1H3,(H,16,18). The Hall–Kier alpha value is -1.59. The first-order chi connectivity index (χ1) is 9.00. The van der Waals surface area contributed by atoms with E-state index in [2.05, 4.69) is 5.32 Å². The molecule has 2 rings (SSSR count). The summed E-state index contributed by atoms with van der Waals surface area (Å²) in [4.78, 5) is 13.8. The minimum atomic E-state index is -0.643. The van der Waals surface area contributed by atoms with Crippen LogP contribution in [0.5, 0.6) is 0 Å². The van der Waals surface area contributed by atoms with Gasteiger partial charge in [-0.1, -0.05) is 12.1 Å². The third kappa shape index (κ3) is 3.68. The Morgan fingerprint density at radius 2 is 2.16 bits per heavy atom. The number of anilines is 1. The van der Waals surface area contributed by atoms with E-state index >= 15 is 0 Å². The Labute approximate surface area is 113 Å². The molecule has 5 nitrogen and oxygen atoms in total. The van der Waals surface area contributed by atoms with Crippen LogP contribution in [0.2, 0.25) is 0 Å². The number of benzene rings is 1. The number of likely N-dealkylation sites (tertiary alicyclic amines) is 1. The maximum atomic E-state index is 12.1. The molecule has 1 fully saturated rings. The van der Waals surface area contributed by atoms with E-state index in [0.29, 0.717) is 32.5 Å². The number of piperidine rings is 1. The van der Waals surface area contributed by atoms with Crippen LogP contribution in [0.25, 0.3) is 0 Å². The molecule has 0 spiro atoms. The third-order valence-electron chi connectivity index (χ3n) is 3.54. The molecule has 1 aromatic rings. The van der Waals surface area contributed by atoms with Crippen LogP contribution >= 0.6 is 0 Å². The van der Waals surface area contributed by atoms with E-state index in [9.17, 15) is 9.90 Å². The first-order valence-electron chi connectivity index (χ1n) is 6.57. The molecule has 104 valence electrons. The fourth-order valence-corrected chi connectivity index (χ4v) is 2.17. The van der Waals surface area contributed by atoms with Crippen LogP contribution in [0.15, 0.2) is 24.3 Å². The number of nitrogens with two attached hydrogens (primary N) is 1. The lowest BCUT2D eigenvalue weighted by Gasteiger charge is -2.35. The van der Waals surface area contributed by atoms with Gasteiger partial charge in [-0.05, 0) is 37.5 Å². The lowest BCUT2D eigenvalue weighted by molar-refractivity contribution is 0.00570. The van der Waals surface area contributed by atoms with E-state index in [1.807, 2.05) is 31.2 Å². The van der Waals surface area contributed by atoms with E-state index in [1.54, 1.807) is 4.90 Å². The topological polar surface area (TPSA) is 78.6 Å². The first-order valence-corrected chi connectivity index (χ1v) is 6.57. The molecule has 0 aromatic heterocycles. The lowest BCUT2D eigenvalue weighted by Crippen LogP contribution is -2.46. The van der Waals surface area contributed by atoms with Gasteiger partial charge in [0.15, 0.2) is 0 Å². The first kappa shape index (κ1) is 13.8. The van der Waals surface area contributed by atoms with Crippen molar-refractivity contribution in [2.75, 3.05) is 18.4 Å². The number of nitrogens with zero attached hydrogens (tertiary/aromatic N) is 1. The Morgan fingerprint density at radius 3 is 2.79 bits per heavy atom. The van der Waals surface area contributed by atoms with Crippen molar-refractivity contribution < 1.29 is 9.90 Å². The van der Waals surface area contributed by atoms with Crippen molar-refractivity contribution >= 4 is 11.7 Å². The molecule has 1 saturated heterocycles. The zero-order chi connectivity index (χ0) is 13.9. The van der Waals surface area contributed by atoms with Crippen molar-refractivity contribution in [3.8, 4) is 0 Å². The Kier molecular flexibility index (Phi) is 4.07. The van der Waals surface area contributed by atoms with Gasteiger partial charge in [0.05, 0.1) is 5.60 Å². The summed E-state index contributed by atoms with van der Waals surface area (Å²) < 4.78 is 0. The van der Waals surface area contributed by atoms with Crippen LogP contribution in [0.3, 0.4) is 0 Å². The molecule has 0 unspecified atom stereocenters. The fraction of sp³-hybridized carbons (Fsp3) is 0.500. The van der Waals surface area contributed by atoms with Crippen molar-refractivity contribution in [3.05, 3.63) is 29.8 Å². The summed E-state index contributed by atoms with van der Waals surface area (Å²) in [7, 11) is 0. The van der Waals surface area contributed by atoms with E-state index in [0.717, 1.165) is 11.3 Å². The van der Waals surface area contributed by atoms with Gasteiger partial charge in [-0.15, -0.1) is 0 Å². The van der Waals surface area contributed by atoms with E-state index in [-0.39, 0.29) is 6.03 Å². The van der Waals surface area contributed by atoms with Crippen LogP contribution in [0.1, 0.15) is 25.3 Å². The average Bonchev–Trinajstić information content (AvgIpc) is 2.38. The van der Waals surface area contributed by atoms with Gasteiger partial charge in [-0.2, -0.15) is 0 Å². The second-order valence-corrected chi connectivity index (χ2v) is 5.32. The number of urea groups is 1. The monoisotopic (exact) mass is 263 g/mol. The zero-order valence-electron chi connectivity index (χ0n) is 11.2. The van der Waals surface area contributed by atoms with Gasteiger partial charge in [0.1, 0.15) is 0 Å². The van der Waals surface area contributed by atoms with Crippen LogP contribution in [-0.2, 0) is 6.54 Å².